The maximum absolute atomic E-state index is 13.0. The molecule has 1 aromatic heterocycles. The van der Waals surface area contributed by atoms with E-state index in [0.29, 0.717) is 50.2 Å². The fourth-order valence-corrected chi connectivity index (χ4v) is 5.19. The summed E-state index contributed by atoms with van der Waals surface area (Å²) in [6, 6.07) is 12.4. The third-order valence-corrected chi connectivity index (χ3v) is 7.42. The molecule has 0 aliphatic carbocycles. The topological polar surface area (TPSA) is 88.8 Å². The Bertz CT molecular complexity index is 1160. The van der Waals surface area contributed by atoms with Crippen molar-refractivity contribution in [2.45, 2.75) is 18.4 Å². The summed E-state index contributed by atoms with van der Waals surface area (Å²) in [6.07, 6.45) is 0. The first-order chi connectivity index (χ1) is 14.9. The lowest BCUT2D eigenvalue weighted by molar-refractivity contribution is 0.163. The van der Waals surface area contributed by atoms with E-state index in [1.807, 2.05) is 31.2 Å². The summed E-state index contributed by atoms with van der Waals surface area (Å²) in [6.45, 7) is 4.35. The lowest BCUT2D eigenvalue weighted by Gasteiger charge is -2.33. The van der Waals surface area contributed by atoms with Gasteiger partial charge in [0.05, 0.1) is 23.6 Å². The van der Waals surface area contributed by atoms with Crippen LogP contribution in [0.5, 0.6) is 5.75 Å². The predicted octanol–water partition coefficient (Wildman–Crippen LogP) is 3.21. The minimum Gasteiger partial charge on any atom is -0.495 e. The SMILES string of the molecule is COc1ccc(S(=O)(=O)N2CCN(Cc3nc(-c4ccc(C)cc4)no3)CC2)cc1Cl. The highest BCUT2D eigenvalue weighted by atomic mass is 35.5. The van der Waals surface area contributed by atoms with Gasteiger partial charge < -0.3 is 9.26 Å². The van der Waals surface area contributed by atoms with E-state index in [0.717, 1.165) is 11.1 Å². The second-order valence-corrected chi connectivity index (χ2v) is 9.70. The number of nitrogens with zero attached hydrogens (tertiary/aromatic N) is 4. The smallest absolute Gasteiger partial charge is 0.243 e. The van der Waals surface area contributed by atoms with Crippen molar-refractivity contribution in [2.24, 2.45) is 0 Å². The van der Waals surface area contributed by atoms with Crippen LogP contribution >= 0.6 is 11.6 Å². The van der Waals surface area contributed by atoms with Crippen LogP contribution in [-0.2, 0) is 16.6 Å². The van der Waals surface area contributed by atoms with Gasteiger partial charge in [-0.05, 0) is 25.1 Å². The van der Waals surface area contributed by atoms with E-state index in [9.17, 15) is 8.42 Å². The summed E-state index contributed by atoms with van der Waals surface area (Å²) >= 11 is 6.10. The summed E-state index contributed by atoms with van der Waals surface area (Å²) in [7, 11) is -2.14. The molecule has 164 valence electrons. The van der Waals surface area contributed by atoms with Crippen molar-refractivity contribution in [3.63, 3.8) is 0 Å². The average molecular weight is 463 g/mol. The Kier molecular flexibility index (Phi) is 6.29. The van der Waals surface area contributed by atoms with E-state index in [2.05, 4.69) is 15.0 Å². The summed E-state index contributed by atoms with van der Waals surface area (Å²) in [5.41, 5.74) is 2.06. The van der Waals surface area contributed by atoms with Gasteiger partial charge in [-0.15, -0.1) is 0 Å². The van der Waals surface area contributed by atoms with Crippen LogP contribution in [0.2, 0.25) is 5.02 Å². The van der Waals surface area contributed by atoms with Crippen LogP contribution in [0.15, 0.2) is 51.9 Å². The molecule has 0 saturated carbocycles. The maximum Gasteiger partial charge on any atom is 0.243 e. The first kappa shape index (κ1) is 21.8. The standard InChI is InChI=1S/C21H23ClN4O4S/c1-15-3-5-16(6-4-15)21-23-20(30-24-21)14-25-9-11-26(12-10-25)31(27,28)17-7-8-19(29-2)18(22)13-17/h3-8,13H,9-12,14H2,1-2H3. The second-order valence-electron chi connectivity index (χ2n) is 7.35. The Morgan fingerprint density at radius 2 is 1.81 bits per heavy atom. The van der Waals surface area contributed by atoms with Crippen molar-refractivity contribution in [3.05, 3.63) is 58.9 Å². The van der Waals surface area contributed by atoms with Crippen LogP contribution < -0.4 is 4.74 Å². The Balaban J connectivity index is 1.37. The van der Waals surface area contributed by atoms with E-state index in [1.165, 1.54) is 23.5 Å². The molecule has 0 amide bonds. The molecule has 0 radical (unpaired) electrons. The van der Waals surface area contributed by atoms with Gasteiger partial charge in [0, 0.05) is 31.7 Å². The number of ether oxygens (including phenoxy) is 1. The van der Waals surface area contributed by atoms with Gasteiger partial charge >= 0.3 is 0 Å². The zero-order chi connectivity index (χ0) is 22.0. The number of methoxy groups -OCH3 is 1. The molecule has 0 bridgehead atoms. The fourth-order valence-electron chi connectivity index (χ4n) is 3.41. The largest absolute Gasteiger partial charge is 0.495 e. The zero-order valence-corrected chi connectivity index (χ0v) is 18.9. The molecule has 1 fully saturated rings. The summed E-state index contributed by atoms with van der Waals surface area (Å²) < 4.78 is 37.9. The molecule has 10 heteroatoms. The number of sulfonamides is 1. The first-order valence-electron chi connectivity index (χ1n) is 9.82. The Hall–Kier alpha value is -2.46. The number of aromatic nitrogens is 2. The van der Waals surface area contributed by atoms with E-state index in [4.69, 9.17) is 20.9 Å². The normalized spacial score (nSPS) is 15.8. The summed E-state index contributed by atoms with van der Waals surface area (Å²) in [5.74, 6) is 1.50. The van der Waals surface area contributed by atoms with Crippen LogP contribution in [0.4, 0.5) is 0 Å². The third-order valence-electron chi connectivity index (χ3n) is 5.23. The molecule has 31 heavy (non-hydrogen) atoms. The molecule has 1 saturated heterocycles. The second kappa shape index (κ2) is 8.96. The zero-order valence-electron chi connectivity index (χ0n) is 17.3. The van der Waals surface area contributed by atoms with Crippen LogP contribution in [0, 0.1) is 6.92 Å². The number of rotatable bonds is 6. The lowest BCUT2D eigenvalue weighted by Crippen LogP contribution is -2.48. The molecule has 0 N–H and O–H groups in total. The number of aryl methyl sites for hydroxylation is 1. The van der Waals surface area contributed by atoms with E-state index >= 15 is 0 Å². The van der Waals surface area contributed by atoms with Gasteiger partial charge in [0.1, 0.15) is 5.75 Å². The van der Waals surface area contributed by atoms with Crippen LogP contribution in [0.3, 0.4) is 0 Å². The predicted molar refractivity (Wildman–Crippen MR) is 117 cm³/mol. The Morgan fingerprint density at radius 3 is 2.45 bits per heavy atom. The van der Waals surface area contributed by atoms with Gasteiger partial charge in [-0.25, -0.2) is 8.42 Å². The highest BCUT2D eigenvalue weighted by molar-refractivity contribution is 7.89. The quantitative estimate of drug-likeness (QED) is 0.555. The van der Waals surface area contributed by atoms with Crippen LogP contribution in [-0.4, -0.2) is 61.1 Å². The van der Waals surface area contributed by atoms with E-state index in [1.54, 1.807) is 6.07 Å². The minimum atomic E-state index is -3.63. The molecule has 0 spiro atoms. The molecule has 1 aliphatic rings. The molecule has 0 unspecified atom stereocenters. The molecular weight excluding hydrogens is 440 g/mol. The average Bonchev–Trinajstić information content (AvgIpc) is 3.23. The molecule has 1 aliphatic heterocycles. The van der Waals surface area contributed by atoms with Crippen molar-refractivity contribution < 1.29 is 17.7 Å². The van der Waals surface area contributed by atoms with Crippen molar-refractivity contribution in [2.75, 3.05) is 33.3 Å². The molecule has 8 nitrogen and oxygen atoms in total. The van der Waals surface area contributed by atoms with E-state index in [-0.39, 0.29) is 9.92 Å². The van der Waals surface area contributed by atoms with Crippen molar-refractivity contribution in [3.8, 4) is 17.1 Å². The van der Waals surface area contributed by atoms with Gasteiger partial charge in [-0.3, -0.25) is 4.90 Å². The van der Waals surface area contributed by atoms with Gasteiger partial charge in [0.15, 0.2) is 0 Å². The van der Waals surface area contributed by atoms with Crippen LogP contribution in [0.1, 0.15) is 11.5 Å². The molecule has 0 atom stereocenters. The Morgan fingerprint density at radius 1 is 1.10 bits per heavy atom. The number of benzene rings is 2. The van der Waals surface area contributed by atoms with Crippen LogP contribution in [0.25, 0.3) is 11.4 Å². The molecule has 3 aromatic rings. The fraction of sp³-hybridized carbons (Fsp3) is 0.333. The number of hydrogen-bond acceptors (Lipinski definition) is 7. The van der Waals surface area contributed by atoms with E-state index < -0.39 is 10.0 Å². The number of hydrogen-bond donors (Lipinski definition) is 0. The molecule has 2 heterocycles. The van der Waals surface area contributed by atoms with Crippen molar-refractivity contribution >= 4 is 21.6 Å². The molecular formula is C21H23ClN4O4S. The lowest BCUT2D eigenvalue weighted by atomic mass is 10.1. The maximum atomic E-state index is 13.0. The molecule has 4 rings (SSSR count). The van der Waals surface area contributed by atoms with Gasteiger partial charge in [-0.1, -0.05) is 46.6 Å². The monoisotopic (exact) mass is 462 g/mol. The minimum absolute atomic E-state index is 0.159. The number of halogens is 1. The summed E-state index contributed by atoms with van der Waals surface area (Å²) in [4.78, 5) is 6.72. The highest BCUT2D eigenvalue weighted by Crippen LogP contribution is 2.29. The Labute approximate surface area is 186 Å². The van der Waals surface area contributed by atoms with Gasteiger partial charge in [0.2, 0.25) is 21.7 Å². The third kappa shape index (κ3) is 4.74. The summed E-state index contributed by atoms with van der Waals surface area (Å²) in [5, 5.41) is 4.32. The van der Waals surface area contributed by atoms with Gasteiger partial charge in [-0.2, -0.15) is 9.29 Å². The highest BCUT2D eigenvalue weighted by Gasteiger charge is 2.29. The van der Waals surface area contributed by atoms with Gasteiger partial charge in [0.25, 0.3) is 0 Å². The van der Waals surface area contributed by atoms with Crippen molar-refractivity contribution in [1.82, 2.24) is 19.3 Å². The van der Waals surface area contributed by atoms with Crippen molar-refractivity contribution in [1.29, 1.82) is 0 Å². The number of piperazine rings is 1. The first-order valence-corrected chi connectivity index (χ1v) is 11.6. The molecule has 2 aromatic carbocycles.